The van der Waals surface area contributed by atoms with Gasteiger partial charge in [-0.3, -0.25) is 4.79 Å². The Labute approximate surface area is 68.6 Å². The molecule has 1 amide bonds. The van der Waals surface area contributed by atoms with Gasteiger partial charge < -0.3 is 4.90 Å². The molecule has 2 nitrogen and oxygen atoms in total. The fourth-order valence-electron chi connectivity index (χ4n) is 0.709. The van der Waals surface area contributed by atoms with Crippen LogP contribution in [0.3, 0.4) is 0 Å². The summed E-state index contributed by atoms with van der Waals surface area (Å²) in [4.78, 5) is 12.8. The molecule has 0 aromatic carbocycles. The first-order chi connectivity index (χ1) is 5.22. The highest BCUT2D eigenvalue weighted by molar-refractivity contribution is 5.75. The van der Waals surface area contributed by atoms with E-state index in [0.717, 1.165) is 13.0 Å². The zero-order valence-electron chi connectivity index (χ0n) is 7.26. The summed E-state index contributed by atoms with van der Waals surface area (Å²) >= 11 is 0. The molecule has 0 rings (SSSR count). The van der Waals surface area contributed by atoms with Crippen molar-refractivity contribution in [2.45, 2.75) is 26.2 Å². The smallest absolute Gasteiger partial charge is 0.222 e. The van der Waals surface area contributed by atoms with Crippen LogP contribution in [0, 0.1) is 12.3 Å². The predicted molar refractivity (Wildman–Crippen MR) is 46.0 cm³/mol. The molecule has 0 atom stereocenters. The van der Waals surface area contributed by atoms with Crippen LogP contribution in [-0.4, -0.2) is 24.4 Å². The normalized spacial score (nSPS) is 8.82. The standard InChI is InChI=1S/C9H15NO/c1-4-6-7-8-9(11)10(3)5-2/h1H,5-8H2,2-3H3. The molecule has 0 unspecified atom stereocenters. The van der Waals surface area contributed by atoms with E-state index in [1.807, 2.05) is 6.92 Å². The van der Waals surface area contributed by atoms with Gasteiger partial charge in [-0.1, -0.05) is 0 Å². The van der Waals surface area contributed by atoms with E-state index in [1.165, 1.54) is 0 Å². The minimum atomic E-state index is 0.183. The van der Waals surface area contributed by atoms with Gasteiger partial charge in [0.1, 0.15) is 0 Å². The quantitative estimate of drug-likeness (QED) is 0.440. The summed E-state index contributed by atoms with van der Waals surface area (Å²) in [5.74, 6) is 2.69. The fraction of sp³-hybridized carbons (Fsp3) is 0.667. The van der Waals surface area contributed by atoms with Crippen LogP contribution >= 0.6 is 0 Å². The lowest BCUT2D eigenvalue weighted by Gasteiger charge is -2.13. The first-order valence-corrected chi connectivity index (χ1v) is 3.89. The maximum atomic E-state index is 11.1. The van der Waals surface area contributed by atoms with Crippen molar-refractivity contribution in [2.24, 2.45) is 0 Å². The summed E-state index contributed by atoms with van der Waals surface area (Å²) in [6.45, 7) is 2.73. The minimum Gasteiger partial charge on any atom is -0.346 e. The highest BCUT2D eigenvalue weighted by Gasteiger charge is 2.03. The zero-order chi connectivity index (χ0) is 8.69. The molecular weight excluding hydrogens is 138 g/mol. The highest BCUT2D eigenvalue weighted by Crippen LogP contribution is 1.97. The fourth-order valence-corrected chi connectivity index (χ4v) is 0.709. The van der Waals surface area contributed by atoms with Gasteiger partial charge in [0, 0.05) is 26.4 Å². The summed E-state index contributed by atoms with van der Waals surface area (Å²) in [6, 6.07) is 0. The second kappa shape index (κ2) is 5.79. The molecule has 0 spiro atoms. The van der Waals surface area contributed by atoms with Crippen LogP contribution in [0.4, 0.5) is 0 Å². The van der Waals surface area contributed by atoms with Crippen LogP contribution in [0.5, 0.6) is 0 Å². The largest absolute Gasteiger partial charge is 0.346 e. The van der Waals surface area contributed by atoms with Crippen LogP contribution < -0.4 is 0 Å². The third-order valence-corrected chi connectivity index (χ3v) is 1.61. The molecule has 0 radical (unpaired) electrons. The first-order valence-electron chi connectivity index (χ1n) is 3.89. The molecule has 11 heavy (non-hydrogen) atoms. The van der Waals surface area contributed by atoms with Crippen LogP contribution in [0.2, 0.25) is 0 Å². The van der Waals surface area contributed by atoms with Crippen molar-refractivity contribution >= 4 is 5.91 Å². The molecule has 0 bridgehead atoms. The Morgan fingerprint density at radius 1 is 1.64 bits per heavy atom. The molecule has 0 fully saturated rings. The van der Waals surface area contributed by atoms with Gasteiger partial charge in [-0.25, -0.2) is 0 Å². The lowest BCUT2D eigenvalue weighted by atomic mass is 10.2. The molecule has 0 aliphatic heterocycles. The summed E-state index contributed by atoms with van der Waals surface area (Å²) < 4.78 is 0. The van der Waals surface area contributed by atoms with E-state index in [0.29, 0.717) is 12.8 Å². The second-order valence-electron chi connectivity index (χ2n) is 2.47. The second-order valence-corrected chi connectivity index (χ2v) is 2.47. The molecule has 0 heterocycles. The summed E-state index contributed by atoms with van der Waals surface area (Å²) in [6.07, 6.45) is 7.13. The molecule has 0 aliphatic carbocycles. The van der Waals surface area contributed by atoms with E-state index in [9.17, 15) is 4.79 Å². The van der Waals surface area contributed by atoms with E-state index < -0.39 is 0 Å². The minimum absolute atomic E-state index is 0.183. The molecule has 62 valence electrons. The van der Waals surface area contributed by atoms with Crippen molar-refractivity contribution in [3.8, 4) is 12.3 Å². The number of amides is 1. The van der Waals surface area contributed by atoms with Crippen molar-refractivity contribution in [3.63, 3.8) is 0 Å². The summed E-state index contributed by atoms with van der Waals surface area (Å²) in [5.41, 5.74) is 0. The number of nitrogens with zero attached hydrogens (tertiary/aromatic N) is 1. The number of rotatable bonds is 4. The maximum Gasteiger partial charge on any atom is 0.222 e. The summed E-state index contributed by atoms with van der Waals surface area (Å²) in [5, 5.41) is 0. The molecule has 2 heteroatoms. The monoisotopic (exact) mass is 153 g/mol. The molecule has 0 aromatic rings. The average molecular weight is 153 g/mol. The van der Waals surface area contributed by atoms with Gasteiger partial charge in [0.2, 0.25) is 5.91 Å². The van der Waals surface area contributed by atoms with Gasteiger partial charge in [0.25, 0.3) is 0 Å². The Morgan fingerprint density at radius 2 is 2.27 bits per heavy atom. The SMILES string of the molecule is C#CCCCC(=O)N(C)CC. The van der Waals surface area contributed by atoms with Gasteiger partial charge in [0.15, 0.2) is 0 Å². The molecular formula is C9H15NO. The average Bonchev–Trinajstić information content (AvgIpc) is 2.03. The van der Waals surface area contributed by atoms with Crippen LogP contribution in [-0.2, 0) is 4.79 Å². The topological polar surface area (TPSA) is 20.3 Å². The summed E-state index contributed by atoms with van der Waals surface area (Å²) in [7, 11) is 1.80. The number of hydrogen-bond acceptors (Lipinski definition) is 1. The first kappa shape index (κ1) is 10.0. The zero-order valence-corrected chi connectivity index (χ0v) is 7.26. The third-order valence-electron chi connectivity index (χ3n) is 1.61. The Morgan fingerprint density at radius 3 is 2.73 bits per heavy atom. The lowest BCUT2D eigenvalue weighted by Crippen LogP contribution is -2.25. The molecule has 0 aromatic heterocycles. The van der Waals surface area contributed by atoms with Gasteiger partial charge in [-0.2, -0.15) is 0 Å². The van der Waals surface area contributed by atoms with E-state index in [1.54, 1.807) is 11.9 Å². The lowest BCUT2D eigenvalue weighted by molar-refractivity contribution is -0.129. The van der Waals surface area contributed by atoms with Crippen molar-refractivity contribution in [1.29, 1.82) is 0 Å². The number of terminal acetylenes is 1. The number of hydrogen-bond donors (Lipinski definition) is 0. The van der Waals surface area contributed by atoms with E-state index in [2.05, 4.69) is 5.92 Å². The third kappa shape index (κ3) is 4.44. The Balaban J connectivity index is 3.46. The van der Waals surface area contributed by atoms with Crippen LogP contribution in [0.25, 0.3) is 0 Å². The Kier molecular flexibility index (Phi) is 5.28. The Hall–Kier alpha value is -0.970. The number of carbonyl (C=O) groups is 1. The molecule has 0 N–H and O–H groups in total. The molecule has 0 aliphatic rings. The van der Waals surface area contributed by atoms with Crippen LogP contribution in [0.1, 0.15) is 26.2 Å². The van der Waals surface area contributed by atoms with Crippen LogP contribution in [0.15, 0.2) is 0 Å². The van der Waals surface area contributed by atoms with Gasteiger partial charge in [-0.15, -0.1) is 12.3 Å². The van der Waals surface area contributed by atoms with Crippen molar-refractivity contribution in [3.05, 3.63) is 0 Å². The Bertz CT molecular complexity index is 157. The number of carbonyl (C=O) groups excluding carboxylic acids is 1. The van der Waals surface area contributed by atoms with Gasteiger partial charge in [0.05, 0.1) is 0 Å². The molecule has 0 saturated heterocycles. The van der Waals surface area contributed by atoms with Gasteiger partial charge >= 0.3 is 0 Å². The maximum absolute atomic E-state index is 11.1. The van der Waals surface area contributed by atoms with E-state index >= 15 is 0 Å². The van der Waals surface area contributed by atoms with Crippen molar-refractivity contribution in [1.82, 2.24) is 4.90 Å². The molecule has 0 saturated carbocycles. The van der Waals surface area contributed by atoms with Crippen molar-refractivity contribution < 1.29 is 4.79 Å². The van der Waals surface area contributed by atoms with E-state index in [4.69, 9.17) is 6.42 Å². The predicted octanol–water partition coefficient (Wildman–Crippen LogP) is 1.27. The van der Waals surface area contributed by atoms with Crippen molar-refractivity contribution in [2.75, 3.05) is 13.6 Å². The van der Waals surface area contributed by atoms with E-state index in [-0.39, 0.29) is 5.91 Å². The number of unbranched alkanes of at least 4 members (excludes halogenated alkanes) is 1. The van der Waals surface area contributed by atoms with Gasteiger partial charge in [-0.05, 0) is 13.3 Å². The highest BCUT2D eigenvalue weighted by atomic mass is 16.2.